The second-order valence-electron chi connectivity index (χ2n) is 5.98. The minimum Gasteiger partial charge on any atom is -0.371 e. The minimum atomic E-state index is 0.683. The van der Waals surface area contributed by atoms with Crippen molar-refractivity contribution < 1.29 is 0 Å². The molecule has 3 nitrogen and oxygen atoms in total. The summed E-state index contributed by atoms with van der Waals surface area (Å²) in [5.74, 6) is 0. The summed E-state index contributed by atoms with van der Waals surface area (Å²) in [5, 5.41) is 4.65. The van der Waals surface area contributed by atoms with Crippen molar-refractivity contribution in [2.24, 2.45) is 0 Å². The second kappa shape index (κ2) is 6.44. The maximum Gasteiger partial charge on any atom is 0.0726 e. The van der Waals surface area contributed by atoms with E-state index in [4.69, 9.17) is 4.98 Å². The third kappa shape index (κ3) is 3.03. The Morgan fingerprint density at radius 1 is 1.24 bits per heavy atom. The number of aromatic nitrogens is 1. The second-order valence-corrected chi connectivity index (χ2v) is 5.98. The van der Waals surface area contributed by atoms with Crippen LogP contribution in [0.1, 0.15) is 38.3 Å². The van der Waals surface area contributed by atoms with Gasteiger partial charge in [-0.25, -0.2) is 0 Å². The summed E-state index contributed by atoms with van der Waals surface area (Å²) in [6.45, 7) is 3.95. The van der Waals surface area contributed by atoms with Gasteiger partial charge in [-0.05, 0) is 31.5 Å². The number of benzene rings is 1. The van der Waals surface area contributed by atoms with Gasteiger partial charge in [0.25, 0.3) is 0 Å². The molecule has 1 saturated carbocycles. The fourth-order valence-electron chi connectivity index (χ4n) is 3.33. The van der Waals surface area contributed by atoms with E-state index in [-0.39, 0.29) is 0 Å². The molecule has 1 aromatic carbocycles. The Labute approximate surface area is 127 Å². The van der Waals surface area contributed by atoms with Crippen molar-refractivity contribution in [3.05, 3.63) is 36.0 Å². The molecule has 0 spiro atoms. The number of pyridine rings is 1. The summed E-state index contributed by atoms with van der Waals surface area (Å²) < 4.78 is 0. The summed E-state index contributed by atoms with van der Waals surface area (Å²) in [6, 6.07) is 11.5. The number of anilines is 1. The average Bonchev–Trinajstić information content (AvgIpc) is 3.05. The van der Waals surface area contributed by atoms with E-state index >= 15 is 0 Å². The zero-order valence-corrected chi connectivity index (χ0v) is 13.1. The predicted octanol–water partition coefficient (Wildman–Crippen LogP) is 3.72. The molecule has 0 unspecified atom stereocenters. The zero-order valence-electron chi connectivity index (χ0n) is 13.1. The normalized spacial score (nSPS) is 15.7. The van der Waals surface area contributed by atoms with E-state index in [2.05, 4.69) is 54.5 Å². The molecule has 2 aromatic rings. The van der Waals surface area contributed by atoms with Crippen LogP contribution < -0.4 is 10.2 Å². The van der Waals surface area contributed by atoms with Crippen molar-refractivity contribution in [2.45, 2.75) is 45.2 Å². The molecule has 0 saturated heterocycles. The molecule has 1 heterocycles. The minimum absolute atomic E-state index is 0.683. The van der Waals surface area contributed by atoms with Crippen molar-refractivity contribution in [3.8, 4) is 0 Å². The van der Waals surface area contributed by atoms with Crippen LogP contribution in [0.5, 0.6) is 0 Å². The van der Waals surface area contributed by atoms with Crippen LogP contribution in [-0.2, 0) is 6.54 Å². The molecule has 0 amide bonds. The van der Waals surface area contributed by atoms with Gasteiger partial charge >= 0.3 is 0 Å². The van der Waals surface area contributed by atoms with Crippen LogP contribution in [-0.4, -0.2) is 24.6 Å². The first kappa shape index (κ1) is 14.3. The van der Waals surface area contributed by atoms with Crippen LogP contribution in [0.3, 0.4) is 0 Å². The third-order valence-electron chi connectivity index (χ3n) is 4.56. The molecule has 112 valence electrons. The van der Waals surface area contributed by atoms with E-state index in [1.165, 1.54) is 36.8 Å². The number of nitrogens with zero attached hydrogens (tertiary/aromatic N) is 2. The SMILES string of the molecule is CCNCc1cc(N(C)C2CCCC2)c2ccccc2n1. The predicted molar refractivity (Wildman–Crippen MR) is 89.8 cm³/mol. The summed E-state index contributed by atoms with van der Waals surface area (Å²) in [6.07, 6.45) is 5.36. The molecule has 1 aromatic heterocycles. The highest BCUT2D eigenvalue weighted by atomic mass is 15.1. The van der Waals surface area contributed by atoms with E-state index < -0.39 is 0 Å². The lowest BCUT2D eigenvalue weighted by Crippen LogP contribution is -2.29. The molecule has 3 rings (SSSR count). The van der Waals surface area contributed by atoms with Crippen molar-refractivity contribution in [1.29, 1.82) is 0 Å². The first-order valence-corrected chi connectivity index (χ1v) is 8.12. The summed E-state index contributed by atoms with van der Waals surface area (Å²) in [4.78, 5) is 7.27. The third-order valence-corrected chi connectivity index (χ3v) is 4.56. The fourth-order valence-corrected chi connectivity index (χ4v) is 3.33. The summed E-state index contributed by atoms with van der Waals surface area (Å²) in [5.41, 5.74) is 3.57. The maximum atomic E-state index is 4.79. The van der Waals surface area contributed by atoms with Gasteiger partial charge < -0.3 is 10.2 Å². The van der Waals surface area contributed by atoms with Crippen LogP contribution in [0.25, 0.3) is 10.9 Å². The van der Waals surface area contributed by atoms with E-state index in [1.54, 1.807) is 0 Å². The zero-order chi connectivity index (χ0) is 14.7. The summed E-state index contributed by atoms with van der Waals surface area (Å²) >= 11 is 0. The number of fused-ring (bicyclic) bond motifs is 1. The van der Waals surface area contributed by atoms with Crippen LogP contribution in [0.2, 0.25) is 0 Å². The molecule has 0 radical (unpaired) electrons. The quantitative estimate of drug-likeness (QED) is 0.906. The van der Waals surface area contributed by atoms with Gasteiger partial charge in [0, 0.05) is 30.7 Å². The first-order chi connectivity index (χ1) is 10.3. The monoisotopic (exact) mass is 283 g/mol. The largest absolute Gasteiger partial charge is 0.371 e. The number of para-hydroxylation sites is 1. The van der Waals surface area contributed by atoms with Gasteiger partial charge in [0.15, 0.2) is 0 Å². The average molecular weight is 283 g/mol. The van der Waals surface area contributed by atoms with Gasteiger partial charge in [-0.3, -0.25) is 4.98 Å². The van der Waals surface area contributed by atoms with E-state index in [1.807, 2.05) is 0 Å². The highest BCUT2D eigenvalue weighted by Crippen LogP contribution is 2.32. The molecule has 1 N–H and O–H groups in total. The van der Waals surface area contributed by atoms with Crippen LogP contribution in [0.15, 0.2) is 30.3 Å². The molecular formula is C18H25N3. The first-order valence-electron chi connectivity index (χ1n) is 8.12. The van der Waals surface area contributed by atoms with Crippen molar-refractivity contribution >= 4 is 16.6 Å². The van der Waals surface area contributed by atoms with Gasteiger partial charge in [-0.2, -0.15) is 0 Å². The molecule has 21 heavy (non-hydrogen) atoms. The number of hydrogen-bond acceptors (Lipinski definition) is 3. The van der Waals surface area contributed by atoms with Crippen LogP contribution >= 0.6 is 0 Å². The molecule has 0 bridgehead atoms. The topological polar surface area (TPSA) is 28.2 Å². The Morgan fingerprint density at radius 3 is 2.76 bits per heavy atom. The Bertz CT molecular complexity index is 602. The molecule has 1 aliphatic carbocycles. The standard InChI is InChI=1S/C18H25N3/c1-3-19-13-14-12-18(21(2)15-8-4-5-9-15)16-10-6-7-11-17(16)20-14/h6-7,10-12,15,19H,3-5,8-9,13H2,1-2H3. The maximum absolute atomic E-state index is 4.79. The lowest BCUT2D eigenvalue weighted by atomic mass is 10.1. The Hall–Kier alpha value is -1.61. The lowest BCUT2D eigenvalue weighted by molar-refractivity contribution is 0.653. The molecular weight excluding hydrogens is 258 g/mol. The van der Waals surface area contributed by atoms with E-state index in [0.717, 1.165) is 24.3 Å². The van der Waals surface area contributed by atoms with Gasteiger partial charge in [0.2, 0.25) is 0 Å². The van der Waals surface area contributed by atoms with Gasteiger partial charge in [0.1, 0.15) is 0 Å². The Balaban J connectivity index is 2.01. The molecule has 0 aliphatic heterocycles. The van der Waals surface area contributed by atoms with Crippen molar-refractivity contribution in [2.75, 3.05) is 18.5 Å². The fraction of sp³-hybridized carbons (Fsp3) is 0.500. The van der Waals surface area contributed by atoms with Gasteiger partial charge in [-0.15, -0.1) is 0 Å². The number of hydrogen-bond donors (Lipinski definition) is 1. The van der Waals surface area contributed by atoms with Crippen molar-refractivity contribution in [3.63, 3.8) is 0 Å². The van der Waals surface area contributed by atoms with Gasteiger partial charge in [0.05, 0.1) is 11.2 Å². The van der Waals surface area contributed by atoms with E-state index in [0.29, 0.717) is 6.04 Å². The molecule has 1 aliphatic rings. The van der Waals surface area contributed by atoms with Crippen molar-refractivity contribution in [1.82, 2.24) is 10.3 Å². The summed E-state index contributed by atoms with van der Waals surface area (Å²) in [7, 11) is 2.24. The Morgan fingerprint density at radius 2 is 2.00 bits per heavy atom. The molecule has 3 heteroatoms. The van der Waals surface area contributed by atoms with E-state index in [9.17, 15) is 0 Å². The lowest BCUT2D eigenvalue weighted by Gasteiger charge is -2.28. The van der Waals surface area contributed by atoms with Gasteiger partial charge in [-0.1, -0.05) is 38.0 Å². The highest BCUT2D eigenvalue weighted by Gasteiger charge is 2.21. The number of rotatable bonds is 5. The van der Waals surface area contributed by atoms with Crippen LogP contribution in [0.4, 0.5) is 5.69 Å². The highest BCUT2D eigenvalue weighted by molar-refractivity contribution is 5.92. The smallest absolute Gasteiger partial charge is 0.0726 e. The Kier molecular flexibility index (Phi) is 4.39. The molecule has 1 fully saturated rings. The number of nitrogens with one attached hydrogen (secondary N) is 1. The molecule has 0 atom stereocenters. The van der Waals surface area contributed by atoms with Crippen LogP contribution in [0, 0.1) is 0 Å².